The third-order valence-electron chi connectivity index (χ3n) is 5.80. The minimum absolute atomic E-state index is 0.0418. The van der Waals surface area contributed by atoms with Gasteiger partial charge in [-0.1, -0.05) is 30.3 Å². The molecule has 35 heavy (non-hydrogen) atoms. The number of amides is 1. The molecule has 4 rings (SSSR count). The van der Waals surface area contributed by atoms with Gasteiger partial charge in [0.05, 0.1) is 5.92 Å². The predicted octanol–water partition coefficient (Wildman–Crippen LogP) is 1.99. The molecule has 0 unspecified atom stereocenters. The number of hydrogen-bond donors (Lipinski definition) is 3. The van der Waals surface area contributed by atoms with E-state index in [4.69, 9.17) is 4.74 Å². The number of ether oxygens (including phenoxy) is 1. The monoisotopic (exact) mass is 498 g/mol. The number of sulfonamides is 1. The van der Waals surface area contributed by atoms with Crippen LogP contribution in [-0.2, 0) is 21.4 Å². The Morgan fingerprint density at radius 3 is 2.49 bits per heavy atom. The quantitative estimate of drug-likeness (QED) is 0.455. The number of benzene rings is 2. The van der Waals surface area contributed by atoms with Crippen LogP contribution in [0, 0.1) is 12.8 Å². The SMILES string of the molecule is Cc1[nH]c(=O)[nH]c(=O)c1S(=O)(=O)N1CCC[C@H](C(=O)Nc2ccc(OCc3ccccc3)cc2)C1. The Hall–Kier alpha value is -3.70. The molecule has 3 aromatic rings. The number of carbonyl (C=O) groups excluding carboxylic acids is 1. The number of hydrogen-bond acceptors (Lipinski definition) is 6. The van der Waals surface area contributed by atoms with Gasteiger partial charge in [0.15, 0.2) is 4.90 Å². The first-order valence-corrected chi connectivity index (χ1v) is 12.6. The zero-order valence-corrected chi connectivity index (χ0v) is 19.9. The van der Waals surface area contributed by atoms with E-state index in [0.29, 0.717) is 30.9 Å². The zero-order valence-electron chi connectivity index (χ0n) is 19.1. The smallest absolute Gasteiger partial charge is 0.325 e. The normalized spacial score (nSPS) is 16.5. The van der Waals surface area contributed by atoms with E-state index in [1.54, 1.807) is 24.3 Å². The van der Waals surface area contributed by atoms with Crippen molar-refractivity contribution in [3.63, 3.8) is 0 Å². The van der Waals surface area contributed by atoms with Crippen LogP contribution in [0.2, 0.25) is 0 Å². The fourth-order valence-electron chi connectivity index (χ4n) is 4.02. The fourth-order valence-corrected chi connectivity index (χ4v) is 5.75. The van der Waals surface area contributed by atoms with E-state index in [-0.39, 0.29) is 24.7 Å². The standard InChI is InChI=1S/C24H26N4O6S/c1-16-21(23(30)27-24(31)25-16)35(32,33)28-13-5-8-18(14-28)22(29)26-19-9-11-20(12-10-19)34-15-17-6-3-2-4-7-17/h2-4,6-7,9-12,18H,5,8,13-15H2,1H3,(H,26,29)(H2,25,27,30,31)/t18-/m0/s1. The summed E-state index contributed by atoms with van der Waals surface area (Å²) in [7, 11) is -4.19. The zero-order chi connectivity index (χ0) is 25.0. The van der Waals surface area contributed by atoms with E-state index in [9.17, 15) is 22.8 Å². The summed E-state index contributed by atoms with van der Waals surface area (Å²) in [5.74, 6) is -0.243. The summed E-state index contributed by atoms with van der Waals surface area (Å²) in [6.07, 6.45) is 0.973. The minimum Gasteiger partial charge on any atom is -0.489 e. The molecule has 0 spiro atoms. The molecule has 1 aliphatic heterocycles. The number of aryl methyl sites for hydroxylation is 1. The molecular weight excluding hydrogens is 472 g/mol. The number of aromatic amines is 2. The second-order valence-electron chi connectivity index (χ2n) is 8.35. The van der Waals surface area contributed by atoms with Crippen LogP contribution in [0.15, 0.2) is 69.1 Å². The Morgan fingerprint density at radius 1 is 1.09 bits per heavy atom. The molecule has 1 aromatic heterocycles. The van der Waals surface area contributed by atoms with Gasteiger partial charge in [0, 0.05) is 24.5 Å². The van der Waals surface area contributed by atoms with Crippen LogP contribution >= 0.6 is 0 Å². The van der Waals surface area contributed by atoms with Crippen molar-refractivity contribution < 1.29 is 17.9 Å². The molecule has 2 aromatic carbocycles. The number of rotatable bonds is 7. The lowest BCUT2D eigenvalue weighted by Crippen LogP contribution is -2.45. The lowest BCUT2D eigenvalue weighted by atomic mass is 9.99. The van der Waals surface area contributed by atoms with Gasteiger partial charge in [0.25, 0.3) is 5.56 Å². The summed E-state index contributed by atoms with van der Waals surface area (Å²) in [6.45, 7) is 1.89. The summed E-state index contributed by atoms with van der Waals surface area (Å²) in [6, 6.07) is 16.7. The summed E-state index contributed by atoms with van der Waals surface area (Å²) in [5.41, 5.74) is -0.193. The molecule has 0 aliphatic carbocycles. The molecule has 2 heterocycles. The van der Waals surface area contributed by atoms with E-state index < -0.39 is 32.1 Å². The van der Waals surface area contributed by atoms with Crippen molar-refractivity contribution in [2.24, 2.45) is 5.92 Å². The summed E-state index contributed by atoms with van der Waals surface area (Å²) < 4.78 is 33.1. The summed E-state index contributed by atoms with van der Waals surface area (Å²) >= 11 is 0. The van der Waals surface area contributed by atoms with Crippen molar-refractivity contribution in [2.75, 3.05) is 18.4 Å². The largest absolute Gasteiger partial charge is 0.489 e. The first kappa shape index (κ1) is 24.4. The molecule has 11 heteroatoms. The van der Waals surface area contributed by atoms with Crippen LogP contribution in [0.5, 0.6) is 5.75 Å². The second kappa shape index (κ2) is 10.3. The Balaban J connectivity index is 1.39. The average Bonchev–Trinajstić information content (AvgIpc) is 2.83. The highest BCUT2D eigenvalue weighted by atomic mass is 32.2. The van der Waals surface area contributed by atoms with E-state index >= 15 is 0 Å². The Morgan fingerprint density at radius 2 is 1.80 bits per heavy atom. The molecular formula is C24H26N4O6S. The number of piperidine rings is 1. The van der Waals surface area contributed by atoms with Gasteiger partial charge in [0.1, 0.15) is 12.4 Å². The van der Waals surface area contributed by atoms with Crippen LogP contribution in [0.1, 0.15) is 24.1 Å². The van der Waals surface area contributed by atoms with Crippen LogP contribution < -0.4 is 21.3 Å². The van der Waals surface area contributed by atoms with Crippen molar-refractivity contribution >= 4 is 21.6 Å². The van der Waals surface area contributed by atoms with Gasteiger partial charge in [-0.15, -0.1) is 0 Å². The maximum absolute atomic E-state index is 13.1. The second-order valence-corrected chi connectivity index (χ2v) is 10.2. The maximum Gasteiger partial charge on any atom is 0.325 e. The molecule has 184 valence electrons. The highest BCUT2D eigenvalue weighted by Gasteiger charge is 2.36. The fraction of sp³-hybridized carbons (Fsp3) is 0.292. The number of H-pyrrole nitrogens is 2. The van der Waals surface area contributed by atoms with Crippen molar-refractivity contribution in [3.8, 4) is 5.75 Å². The molecule has 1 atom stereocenters. The van der Waals surface area contributed by atoms with E-state index in [2.05, 4.69) is 10.3 Å². The van der Waals surface area contributed by atoms with E-state index in [1.165, 1.54) is 6.92 Å². The van der Waals surface area contributed by atoms with Crippen molar-refractivity contribution in [1.82, 2.24) is 14.3 Å². The van der Waals surface area contributed by atoms with Gasteiger partial charge >= 0.3 is 5.69 Å². The number of aromatic nitrogens is 2. The first-order chi connectivity index (χ1) is 16.7. The summed E-state index contributed by atoms with van der Waals surface area (Å²) in [4.78, 5) is 40.2. The van der Waals surface area contributed by atoms with Gasteiger partial charge in [-0.3, -0.25) is 14.6 Å². The highest BCUT2D eigenvalue weighted by Crippen LogP contribution is 2.25. The van der Waals surface area contributed by atoms with E-state index in [0.717, 1.165) is 9.87 Å². The Labute approximate surface area is 202 Å². The van der Waals surface area contributed by atoms with E-state index in [1.807, 2.05) is 35.3 Å². The van der Waals surface area contributed by atoms with Gasteiger partial charge in [-0.2, -0.15) is 4.31 Å². The van der Waals surface area contributed by atoms with Crippen molar-refractivity contribution in [2.45, 2.75) is 31.3 Å². The van der Waals surface area contributed by atoms with Crippen LogP contribution in [0.4, 0.5) is 5.69 Å². The minimum atomic E-state index is -4.19. The molecule has 0 saturated carbocycles. The molecule has 3 N–H and O–H groups in total. The lowest BCUT2D eigenvalue weighted by Gasteiger charge is -2.31. The number of nitrogens with one attached hydrogen (secondary N) is 3. The van der Waals surface area contributed by atoms with Gasteiger partial charge in [-0.25, -0.2) is 13.2 Å². The number of anilines is 1. The third-order valence-corrected chi connectivity index (χ3v) is 7.82. The summed E-state index contributed by atoms with van der Waals surface area (Å²) in [5, 5.41) is 2.82. The van der Waals surface area contributed by atoms with Crippen LogP contribution in [0.3, 0.4) is 0 Å². The highest BCUT2D eigenvalue weighted by molar-refractivity contribution is 7.89. The predicted molar refractivity (Wildman–Crippen MR) is 130 cm³/mol. The number of nitrogens with zero attached hydrogens (tertiary/aromatic N) is 1. The molecule has 0 radical (unpaired) electrons. The molecule has 0 bridgehead atoms. The van der Waals surface area contributed by atoms with Gasteiger partial charge in [0.2, 0.25) is 15.9 Å². The molecule has 1 saturated heterocycles. The topological polar surface area (TPSA) is 141 Å². The molecule has 1 amide bonds. The van der Waals surface area contributed by atoms with Crippen LogP contribution in [0.25, 0.3) is 0 Å². The first-order valence-electron chi connectivity index (χ1n) is 11.1. The van der Waals surface area contributed by atoms with Gasteiger partial charge < -0.3 is 15.0 Å². The van der Waals surface area contributed by atoms with Crippen molar-refractivity contribution in [3.05, 3.63) is 86.7 Å². The molecule has 1 fully saturated rings. The lowest BCUT2D eigenvalue weighted by molar-refractivity contribution is -0.120. The maximum atomic E-state index is 13.1. The molecule has 1 aliphatic rings. The van der Waals surface area contributed by atoms with Crippen molar-refractivity contribution in [1.29, 1.82) is 0 Å². The van der Waals surface area contributed by atoms with Crippen LogP contribution in [-0.4, -0.2) is 41.7 Å². The van der Waals surface area contributed by atoms with Gasteiger partial charge in [-0.05, 0) is 49.6 Å². The number of carbonyl (C=O) groups is 1. The molecule has 10 nitrogen and oxygen atoms in total. The Kier molecular flexibility index (Phi) is 7.17. The average molecular weight is 499 g/mol. The Bertz CT molecular complexity index is 1410. The third kappa shape index (κ3) is 5.69.